The van der Waals surface area contributed by atoms with Crippen molar-refractivity contribution in [1.29, 1.82) is 0 Å². The number of aliphatic hydroxyl groups is 2. The highest BCUT2D eigenvalue weighted by Gasteiger charge is 2.20. The molecule has 0 bridgehead atoms. The molecule has 148 valence electrons. The monoisotopic (exact) mass is 391 g/mol. The quantitative estimate of drug-likeness (QED) is 0.611. The Hall–Kier alpha value is -3.04. The van der Waals surface area contributed by atoms with Crippen molar-refractivity contribution in [3.8, 4) is 0 Å². The maximum Gasteiger partial charge on any atom is 0.289 e. The number of hydrogen-bond acceptors (Lipinski definition) is 5. The van der Waals surface area contributed by atoms with Crippen molar-refractivity contribution in [3.05, 3.63) is 68.4 Å². The third-order valence-corrected chi connectivity index (χ3v) is 4.47. The second kappa shape index (κ2) is 7.53. The van der Waals surface area contributed by atoms with E-state index < -0.39 is 41.2 Å². The summed E-state index contributed by atoms with van der Waals surface area (Å²) in [6, 6.07) is 5.63. The third kappa shape index (κ3) is 3.41. The van der Waals surface area contributed by atoms with Gasteiger partial charge in [-0.25, -0.2) is 4.39 Å². The van der Waals surface area contributed by atoms with E-state index in [1.54, 1.807) is 13.0 Å². The first-order valence-corrected chi connectivity index (χ1v) is 8.48. The Kier molecular flexibility index (Phi) is 5.30. The summed E-state index contributed by atoms with van der Waals surface area (Å²) in [5, 5.41) is 21.0. The first-order valence-electron chi connectivity index (χ1n) is 8.48. The van der Waals surface area contributed by atoms with Crippen molar-refractivity contribution in [3.63, 3.8) is 0 Å². The van der Waals surface area contributed by atoms with Crippen LogP contribution in [0.15, 0.2) is 40.1 Å². The number of fused-ring (bicyclic) bond motifs is 1. The summed E-state index contributed by atoms with van der Waals surface area (Å²) >= 11 is 0. The van der Waals surface area contributed by atoms with Crippen LogP contribution in [0.1, 0.15) is 5.56 Å². The van der Waals surface area contributed by atoms with Gasteiger partial charge in [-0.3, -0.25) is 9.59 Å². The fourth-order valence-electron chi connectivity index (χ4n) is 2.95. The molecule has 0 radical (unpaired) electrons. The normalized spacial score (nSPS) is 12.4. The number of aliphatic hydroxyl groups excluding tert-OH is 2. The van der Waals surface area contributed by atoms with Crippen molar-refractivity contribution in [2.24, 2.45) is 7.05 Å². The lowest BCUT2D eigenvalue weighted by atomic mass is 10.1. The highest BCUT2D eigenvalue weighted by atomic mass is 19.1. The fraction of sp³-hybridized carbons (Fsp3) is 0.263. The number of pyridine rings is 2. The lowest BCUT2D eigenvalue weighted by molar-refractivity contribution is 0.0805. The molecule has 1 aromatic carbocycles. The van der Waals surface area contributed by atoms with Crippen LogP contribution < -0.4 is 16.4 Å². The number of rotatable bonds is 5. The van der Waals surface area contributed by atoms with E-state index in [-0.39, 0.29) is 23.1 Å². The Morgan fingerprint density at radius 3 is 2.54 bits per heavy atom. The summed E-state index contributed by atoms with van der Waals surface area (Å²) in [7, 11) is 1.32. The molecule has 2 heterocycles. The molecule has 3 N–H and O–H groups in total. The zero-order valence-corrected chi connectivity index (χ0v) is 15.2. The van der Waals surface area contributed by atoms with Gasteiger partial charge in [-0.05, 0) is 30.7 Å². The Balaban J connectivity index is 2.29. The molecule has 1 unspecified atom stereocenters. The predicted octanol–water partition coefficient (Wildman–Crippen LogP) is 1.38. The summed E-state index contributed by atoms with van der Waals surface area (Å²) in [4.78, 5) is 25.1. The highest BCUT2D eigenvalue weighted by Crippen LogP contribution is 2.27. The topological polar surface area (TPSA) is 96.5 Å². The molecule has 7 nitrogen and oxygen atoms in total. The Labute approximate surface area is 158 Å². The van der Waals surface area contributed by atoms with Gasteiger partial charge >= 0.3 is 0 Å². The van der Waals surface area contributed by atoms with Crippen molar-refractivity contribution in [2.45, 2.75) is 19.6 Å². The molecule has 9 heteroatoms. The minimum absolute atomic E-state index is 0.0933. The molecule has 0 saturated carbocycles. The summed E-state index contributed by atoms with van der Waals surface area (Å²) in [5.41, 5.74) is -1.42. The maximum atomic E-state index is 14.8. The van der Waals surface area contributed by atoms with Gasteiger partial charge in [-0.1, -0.05) is 6.07 Å². The Bertz CT molecular complexity index is 1170. The van der Waals surface area contributed by atoms with Crippen LogP contribution in [0, 0.1) is 18.6 Å². The van der Waals surface area contributed by atoms with E-state index in [2.05, 4.69) is 5.32 Å². The summed E-state index contributed by atoms with van der Waals surface area (Å²) in [6.45, 7) is 0.895. The number of benzene rings is 1. The number of halogens is 2. The van der Waals surface area contributed by atoms with E-state index in [1.807, 2.05) is 0 Å². The van der Waals surface area contributed by atoms with Crippen molar-refractivity contribution < 1.29 is 19.0 Å². The minimum Gasteiger partial charge on any atom is -0.394 e. The largest absolute Gasteiger partial charge is 0.394 e. The average molecular weight is 391 g/mol. The van der Waals surface area contributed by atoms with Crippen LogP contribution in [-0.4, -0.2) is 32.1 Å². The van der Waals surface area contributed by atoms with E-state index in [1.165, 1.54) is 31.4 Å². The van der Waals surface area contributed by atoms with E-state index >= 15 is 0 Å². The van der Waals surface area contributed by atoms with E-state index in [9.17, 15) is 23.5 Å². The molecule has 0 aliphatic carbocycles. The first kappa shape index (κ1) is 19.7. The number of anilines is 2. The Morgan fingerprint density at radius 2 is 1.89 bits per heavy atom. The third-order valence-electron chi connectivity index (χ3n) is 4.47. The molecule has 0 saturated heterocycles. The smallest absolute Gasteiger partial charge is 0.289 e. The molecule has 0 aliphatic rings. The lowest BCUT2D eigenvalue weighted by Gasteiger charge is -2.16. The number of nitrogens with zero attached hydrogens (tertiary/aromatic N) is 2. The molecular formula is C19H19F2N3O4. The van der Waals surface area contributed by atoms with Gasteiger partial charge in [0.15, 0.2) is 0 Å². The molecule has 0 spiro atoms. The van der Waals surface area contributed by atoms with Crippen molar-refractivity contribution >= 4 is 22.3 Å². The molecule has 0 amide bonds. The molecule has 0 aliphatic heterocycles. The van der Waals surface area contributed by atoms with Crippen LogP contribution in [0.4, 0.5) is 20.2 Å². The minimum atomic E-state index is -1.23. The lowest BCUT2D eigenvalue weighted by Crippen LogP contribution is -2.31. The zero-order chi connectivity index (χ0) is 20.6. The van der Waals surface area contributed by atoms with Crippen LogP contribution >= 0.6 is 0 Å². The summed E-state index contributed by atoms with van der Waals surface area (Å²) in [6.07, 6.45) is 0.135. The molecule has 3 aromatic rings. The second-order valence-corrected chi connectivity index (χ2v) is 6.53. The predicted molar refractivity (Wildman–Crippen MR) is 101 cm³/mol. The number of aromatic nitrogens is 2. The van der Waals surface area contributed by atoms with Gasteiger partial charge in [0.2, 0.25) is 5.82 Å². The number of hydrogen-bond donors (Lipinski definition) is 3. The number of aryl methyl sites for hydroxylation is 2. The summed E-state index contributed by atoms with van der Waals surface area (Å²) < 4.78 is 31.1. The Morgan fingerprint density at radius 1 is 1.18 bits per heavy atom. The standard InChI is InChI=1S/C19H19F2N3O4/c1-10-3-4-13(12(20)7-10)22-17-15-14(23(2)19(28)16(17)21)5-6-24(18(15)27)8-11(26)9-25/h3-7,11,22,25-26H,8-9H2,1-2H3. The van der Waals surface area contributed by atoms with Gasteiger partial charge in [-0.2, -0.15) is 4.39 Å². The van der Waals surface area contributed by atoms with E-state index in [0.717, 1.165) is 9.13 Å². The van der Waals surface area contributed by atoms with Crippen LogP contribution in [0.3, 0.4) is 0 Å². The van der Waals surface area contributed by atoms with Crippen molar-refractivity contribution in [1.82, 2.24) is 9.13 Å². The van der Waals surface area contributed by atoms with Crippen LogP contribution in [0.25, 0.3) is 10.9 Å². The van der Waals surface area contributed by atoms with Crippen molar-refractivity contribution in [2.75, 3.05) is 11.9 Å². The molecule has 3 rings (SSSR count). The van der Waals surface area contributed by atoms with Gasteiger partial charge < -0.3 is 24.7 Å². The second-order valence-electron chi connectivity index (χ2n) is 6.53. The maximum absolute atomic E-state index is 14.8. The van der Waals surface area contributed by atoms with E-state index in [4.69, 9.17) is 5.11 Å². The molecule has 2 aromatic heterocycles. The van der Waals surface area contributed by atoms with Gasteiger partial charge in [-0.15, -0.1) is 0 Å². The van der Waals surface area contributed by atoms with Crippen LogP contribution in [0.5, 0.6) is 0 Å². The van der Waals surface area contributed by atoms with Gasteiger partial charge in [0.1, 0.15) is 5.82 Å². The SMILES string of the molecule is Cc1ccc(Nc2c(F)c(=O)n(C)c3ccn(CC(O)CO)c(=O)c23)c(F)c1. The van der Waals surface area contributed by atoms with Gasteiger partial charge in [0.25, 0.3) is 11.1 Å². The number of nitrogens with one attached hydrogen (secondary N) is 1. The first-order chi connectivity index (χ1) is 13.2. The van der Waals surface area contributed by atoms with Crippen LogP contribution in [0.2, 0.25) is 0 Å². The molecular weight excluding hydrogens is 372 g/mol. The molecule has 0 fully saturated rings. The fourth-order valence-corrected chi connectivity index (χ4v) is 2.95. The van der Waals surface area contributed by atoms with Crippen LogP contribution in [-0.2, 0) is 13.6 Å². The van der Waals surface area contributed by atoms with Gasteiger partial charge in [0.05, 0.1) is 41.5 Å². The van der Waals surface area contributed by atoms with E-state index in [0.29, 0.717) is 5.56 Å². The summed E-state index contributed by atoms with van der Waals surface area (Å²) in [5.74, 6) is -1.90. The molecule has 1 atom stereocenters. The zero-order valence-electron chi connectivity index (χ0n) is 15.2. The highest BCUT2D eigenvalue weighted by molar-refractivity contribution is 5.92. The van der Waals surface area contributed by atoms with Gasteiger partial charge in [0, 0.05) is 13.2 Å². The molecule has 28 heavy (non-hydrogen) atoms. The average Bonchev–Trinajstić information content (AvgIpc) is 2.66.